The number of carbonyl (C=O) groups is 3. The number of amides is 1. The fourth-order valence-electron chi connectivity index (χ4n) is 2.94. The van der Waals surface area contributed by atoms with Gasteiger partial charge in [-0.05, 0) is 37.8 Å². The Morgan fingerprint density at radius 2 is 1.61 bits per heavy atom. The van der Waals surface area contributed by atoms with Crippen LogP contribution in [0.1, 0.15) is 46.0 Å². The monoisotopic (exact) mass is 376 g/mol. The van der Waals surface area contributed by atoms with Crippen LogP contribution in [-0.4, -0.2) is 29.8 Å². The average Bonchev–Trinajstić information content (AvgIpc) is 3.58. The number of ketones is 1. The van der Waals surface area contributed by atoms with Crippen LogP contribution in [0.15, 0.2) is 54.6 Å². The van der Waals surface area contributed by atoms with Gasteiger partial charge >= 0.3 is 5.97 Å². The van der Waals surface area contributed by atoms with E-state index in [2.05, 4.69) is 11.4 Å². The normalized spacial score (nSPS) is 15.0. The van der Waals surface area contributed by atoms with Crippen LogP contribution in [0, 0.1) is 17.2 Å². The average molecular weight is 376 g/mol. The van der Waals surface area contributed by atoms with Crippen molar-refractivity contribution in [2.45, 2.75) is 25.3 Å². The van der Waals surface area contributed by atoms with Crippen molar-refractivity contribution in [3.63, 3.8) is 0 Å². The first-order valence-corrected chi connectivity index (χ1v) is 9.02. The van der Waals surface area contributed by atoms with Crippen LogP contribution in [0.25, 0.3) is 0 Å². The standard InChI is InChI=1S/C22H20N2O4/c1-22(14-23,18-11-12-18)24-19(25)13-28-21(27)17-9-7-16(8-10-17)20(26)15-5-3-2-4-6-15/h2-10,18H,11-13H2,1H3,(H,24,25)/t22-/m0/s1. The zero-order chi connectivity index (χ0) is 20.1. The first-order chi connectivity index (χ1) is 13.4. The molecular weight excluding hydrogens is 356 g/mol. The maximum Gasteiger partial charge on any atom is 0.338 e. The lowest BCUT2D eigenvalue weighted by molar-refractivity contribution is -0.125. The van der Waals surface area contributed by atoms with E-state index in [4.69, 9.17) is 4.74 Å². The van der Waals surface area contributed by atoms with Gasteiger partial charge in [-0.2, -0.15) is 5.26 Å². The lowest BCUT2D eigenvalue weighted by Crippen LogP contribution is -2.48. The summed E-state index contributed by atoms with van der Waals surface area (Å²) in [5.41, 5.74) is 0.325. The van der Waals surface area contributed by atoms with E-state index in [-0.39, 0.29) is 17.3 Å². The Labute approximate surface area is 163 Å². The van der Waals surface area contributed by atoms with Crippen LogP contribution in [0.4, 0.5) is 0 Å². The highest BCUT2D eigenvalue weighted by molar-refractivity contribution is 6.09. The third-order valence-corrected chi connectivity index (χ3v) is 4.78. The molecule has 1 fully saturated rings. The van der Waals surface area contributed by atoms with E-state index >= 15 is 0 Å². The van der Waals surface area contributed by atoms with Gasteiger partial charge in [0.1, 0.15) is 5.54 Å². The van der Waals surface area contributed by atoms with E-state index in [9.17, 15) is 19.6 Å². The highest BCUT2D eigenvalue weighted by Gasteiger charge is 2.43. The fourth-order valence-corrected chi connectivity index (χ4v) is 2.94. The smallest absolute Gasteiger partial charge is 0.338 e. The van der Waals surface area contributed by atoms with Gasteiger partial charge in [-0.3, -0.25) is 9.59 Å². The summed E-state index contributed by atoms with van der Waals surface area (Å²) in [7, 11) is 0. The molecule has 2 aromatic carbocycles. The van der Waals surface area contributed by atoms with Gasteiger partial charge in [0.25, 0.3) is 5.91 Å². The minimum absolute atomic E-state index is 0.143. The third kappa shape index (κ3) is 4.44. The number of benzene rings is 2. The second-order valence-electron chi connectivity index (χ2n) is 6.99. The van der Waals surface area contributed by atoms with E-state index in [1.807, 2.05) is 6.07 Å². The molecule has 0 saturated heterocycles. The fraction of sp³-hybridized carbons (Fsp3) is 0.273. The maximum absolute atomic E-state index is 12.4. The summed E-state index contributed by atoms with van der Waals surface area (Å²) in [4.78, 5) is 36.5. The second-order valence-corrected chi connectivity index (χ2v) is 6.99. The van der Waals surface area contributed by atoms with Crippen LogP contribution < -0.4 is 5.32 Å². The zero-order valence-corrected chi connectivity index (χ0v) is 15.5. The van der Waals surface area contributed by atoms with Crippen molar-refractivity contribution in [1.29, 1.82) is 5.26 Å². The molecule has 0 aliphatic heterocycles. The molecule has 1 N–H and O–H groups in total. The van der Waals surface area contributed by atoms with Gasteiger partial charge < -0.3 is 10.1 Å². The SMILES string of the molecule is C[C@@](C#N)(NC(=O)COC(=O)c1ccc(C(=O)c2ccccc2)cc1)C1CC1. The highest BCUT2D eigenvalue weighted by Crippen LogP contribution is 2.39. The van der Waals surface area contributed by atoms with Crippen LogP contribution in [0.3, 0.4) is 0 Å². The van der Waals surface area contributed by atoms with Gasteiger partial charge in [-0.25, -0.2) is 4.79 Å². The molecule has 2 aromatic rings. The van der Waals surface area contributed by atoms with E-state index in [0.717, 1.165) is 12.8 Å². The quantitative estimate of drug-likeness (QED) is 0.592. The predicted molar refractivity (Wildman–Crippen MR) is 101 cm³/mol. The molecule has 6 heteroatoms. The molecule has 28 heavy (non-hydrogen) atoms. The summed E-state index contributed by atoms with van der Waals surface area (Å²) in [5.74, 6) is -1.18. The summed E-state index contributed by atoms with van der Waals surface area (Å²) >= 11 is 0. The van der Waals surface area contributed by atoms with Crippen LogP contribution in [0.2, 0.25) is 0 Å². The first kappa shape index (κ1) is 19.3. The Kier molecular flexibility index (Phi) is 5.55. The molecule has 3 rings (SSSR count). The molecule has 0 radical (unpaired) electrons. The summed E-state index contributed by atoms with van der Waals surface area (Å²) in [5, 5.41) is 11.9. The summed E-state index contributed by atoms with van der Waals surface area (Å²) in [6, 6.07) is 17.0. The number of ether oxygens (including phenoxy) is 1. The molecule has 1 saturated carbocycles. The minimum atomic E-state index is -0.928. The third-order valence-electron chi connectivity index (χ3n) is 4.78. The van der Waals surface area contributed by atoms with Crippen molar-refractivity contribution in [3.05, 3.63) is 71.3 Å². The highest BCUT2D eigenvalue weighted by atomic mass is 16.5. The van der Waals surface area contributed by atoms with Crippen LogP contribution >= 0.6 is 0 Å². The summed E-state index contributed by atoms with van der Waals surface area (Å²) < 4.78 is 5.02. The number of hydrogen-bond acceptors (Lipinski definition) is 5. The molecule has 142 valence electrons. The van der Waals surface area contributed by atoms with Gasteiger partial charge in [0, 0.05) is 11.1 Å². The molecule has 1 aliphatic carbocycles. The minimum Gasteiger partial charge on any atom is -0.452 e. The molecule has 1 atom stereocenters. The molecule has 0 heterocycles. The van der Waals surface area contributed by atoms with Crippen molar-refractivity contribution in [1.82, 2.24) is 5.32 Å². The number of carbonyl (C=O) groups excluding carboxylic acids is 3. The number of nitrogens with one attached hydrogen (secondary N) is 1. The Bertz CT molecular complexity index is 927. The zero-order valence-electron chi connectivity index (χ0n) is 15.5. The van der Waals surface area contributed by atoms with Crippen LogP contribution in [0.5, 0.6) is 0 Å². The van der Waals surface area contributed by atoms with Gasteiger partial charge in [0.05, 0.1) is 11.6 Å². The van der Waals surface area contributed by atoms with Crippen molar-refractivity contribution < 1.29 is 19.1 Å². The Balaban J connectivity index is 1.55. The lowest BCUT2D eigenvalue weighted by Gasteiger charge is -2.22. The molecule has 1 amide bonds. The van der Waals surface area contributed by atoms with Crippen molar-refractivity contribution in [2.75, 3.05) is 6.61 Å². The predicted octanol–water partition coefficient (Wildman–Crippen LogP) is 2.88. The van der Waals surface area contributed by atoms with E-state index in [1.165, 1.54) is 12.1 Å². The van der Waals surface area contributed by atoms with Crippen molar-refractivity contribution in [2.24, 2.45) is 5.92 Å². The maximum atomic E-state index is 12.4. The molecule has 0 bridgehead atoms. The Morgan fingerprint density at radius 3 is 2.18 bits per heavy atom. The van der Waals surface area contributed by atoms with E-state index in [0.29, 0.717) is 11.1 Å². The molecule has 6 nitrogen and oxygen atoms in total. The van der Waals surface area contributed by atoms with Crippen LogP contribution in [-0.2, 0) is 9.53 Å². The molecule has 1 aliphatic rings. The molecule has 0 aromatic heterocycles. The van der Waals surface area contributed by atoms with Gasteiger partial charge in [0.15, 0.2) is 12.4 Å². The summed E-state index contributed by atoms with van der Waals surface area (Å²) in [6.45, 7) is 1.21. The topological polar surface area (TPSA) is 96.3 Å². The summed E-state index contributed by atoms with van der Waals surface area (Å²) in [6.07, 6.45) is 1.80. The van der Waals surface area contributed by atoms with Gasteiger partial charge in [-0.15, -0.1) is 0 Å². The van der Waals surface area contributed by atoms with Gasteiger partial charge in [0.2, 0.25) is 0 Å². The van der Waals surface area contributed by atoms with Crippen molar-refractivity contribution >= 4 is 17.7 Å². The van der Waals surface area contributed by atoms with E-state index in [1.54, 1.807) is 43.3 Å². The molecule has 0 spiro atoms. The molecule has 0 unspecified atom stereocenters. The number of hydrogen-bond donors (Lipinski definition) is 1. The van der Waals surface area contributed by atoms with E-state index < -0.39 is 24.0 Å². The molecular formula is C22H20N2O4. The Hall–Kier alpha value is -3.46. The second kappa shape index (κ2) is 8.05. The number of rotatable bonds is 7. The number of nitrogens with zero attached hydrogens (tertiary/aromatic N) is 1. The largest absolute Gasteiger partial charge is 0.452 e. The van der Waals surface area contributed by atoms with Crippen molar-refractivity contribution in [3.8, 4) is 6.07 Å². The number of esters is 1. The Morgan fingerprint density at radius 1 is 1.04 bits per heavy atom. The lowest BCUT2D eigenvalue weighted by atomic mass is 9.98. The first-order valence-electron chi connectivity index (χ1n) is 9.02. The number of nitriles is 1. The van der Waals surface area contributed by atoms with Gasteiger partial charge in [-0.1, -0.05) is 42.5 Å².